The van der Waals surface area contributed by atoms with Crippen LogP contribution in [-0.2, 0) is 13.0 Å². The molecule has 3 rings (SSSR count). The molecule has 0 spiro atoms. The molecule has 0 saturated heterocycles. The fourth-order valence-corrected chi connectivity index (χ4v) is 3.85. The number of hydrogen-bond donors (Lipinski definition) is 2. The van der Waals surface area contributed by atoms with Gasteiger partial charge in [-0.3, -0.25) is 5.41 Å². The minimum Gasteiger partial charge on any atom is -0.340 e. The van der Waals surface area contributed by atoms with Gasteiger partial charge in [0, 0.05) is 34.3 Å². The zero-order chi connectivity index (χ0) is 19.4. The van der Waals surface area contributed by atoms with Crippen LogP contribution in [0.1, 0.15) is 43.5 Å². The molecule has 0 aliphatic heterocycles. The number of nitrogens with one attached hydrogen (secondary N) is 2. The second-order valence-corrected chi connectivity index (χ2v) is 7.47. The molecular formula is C22H25ClN4. The number of rotatable bonds is 6. The zero-order valence-electron chi connectivity index (χ0n) is 15.8. The van der Waals surface area contributed by atoms with Gasteiger partial charge in [0.15, 0.2) is 5.84 Å². The number of allylic oxidation sites excluding steroid dienone is 5. The van der Waals surface area contributed by atoms with Gasteiger partial charge in [0.05, 0.1) is 5.38 Å². The molecule has 1 aliphatic rings. The first kappa shape index (κ1) is 19.3. The SMILES string of the molecule is C/C=C\C(Cl)C/C=C(\C)Cn1c2c(c3cc(C(=N)N=N)ccc31)C=CCC2. The quantitative estimate of drug-likeness (QED) is 0.189. The van der Waals surface area contributed by atoms with E-state index in [9.17, 15) is 0 Å². The molecule has 1 heterocycles. The zero-order valence-corrected chi connectivity index (χ0v) is 16.6. The van der Waals surface area contributed by atoms with Crippen LogP contribution in [-0.4, -0.2) is 15.8 Å². The van der Waals surface area contributed by atoms with Crippen LogP contribution in [0.15, 0.2) is 53.2 Å². The Morgan fingerprint density at radius 1 is 1.41 bits per heavy atom. The van der Waals surface area contributed by atoms with Crippen molar-refractivity contribution in [1.29, 1.82) is 10.9 Å². The van der Waals surface area contributed by atoms with Gasteiger partial charge < -0.3 is 4.57 Å². The average molecular weight is 381 g/mol. The van der Waals surface area contributed by atoms with E-state index >= 15 is 0 Å². The van der Waals surface area contributed by atoms with Gasteiger partial charge in [0.1, 0.15) is 0 Å². The largest absolute Gasteiger partial charge is 0.340 e. The maximum absolute atomic E-state index is 7.84. The molecule has 0 saturated carbocycles. The number of alkyl halides is 1. The van der Waals surface area contributed by atoms with E-state index in [4.69, 9.17) is 22.5 Å². The highest BCUT2D eigenvalue weighted by molar-refractivity contribution is 6.21. The molecule has 0 amide bonds. The average Bonchev–Trinajstić information content (AvgIpc) is 2.99. The van der Waals surface area contributed by atoms with Crippen LogP contribution in [0.3, 0.4) is 0 Å². The van der Waals surface area contributed by atoms with E-state index in [0.29, 0.717) is 5.56 Å². The van der Waals surface area contributed by atoms with E-state index in [1.165, 1.54) is 16.8 Å². The van der Waals surface area contributed by atoms with Gasteiger partial charge in [0.2, 0.25) is 0 Å². The standard InChI is InChI=1S/C22H25ClN4/c1-3-6-17(23)11-9-15(2)14-27-20-8-5-4-7-18(20)19-13-16(22(24)26-25)10-12-21(19)27/h3-4,6-7,9-10,12-13,17,24-25H,5,8,11,14H2,1-2H3/b6-3-,15-9+,24-22?,26-25?. The molecule has 0 radical (unpaired) electrons. The fourth-order valence-electron chi connectivity index (χ4n) is 3.62. The van der Waals surface area contributed by atoms with Crippen LogP contribution in [0, 0.1) is 10.9 Å². The van der Waals surface area contributed by atoms with Gasteiger partial charge in [-0.2, -0.15) is 0 Å². The summed E-state index contributed by atoms with van der Waals surface area (Å²) in [6, 6.07) is 5.92. The lowest BCUT2D eigenvalue weighted by Gasteiger charge is -2.14. The van der Waals surface area contributed by atoms with Gasteiger partial charge in [-0.05, 0) is 51.3 Å². The molecule has 5 heteroatoms. The van der Waals surface area contributed by atoms with Crippen LogP contribution in [0.25, 0.3) is 17.0 Å². The van der Waals surface area contributed by atoms with Crippen molar-refractivity contribution in [2.45, 2.75) is 45.0 Å². The monoisotopic (exact) mass is 380 g/mol. The number of hydrogen-bond acceptors (Lipinski definition) is 2. The number of halogens is 1. The molecule has 2 aromatic rings. The van der Waals surface area contributed by atoms with E-state index in [2.05, 4.69) is 34.8 Å². The summed E-state index contributed by atoms with van der Waals surface area (Å²) < 4.78 is 2.38. The molecule has 1 unspecified atom stereocenters. The van der Waals surface area contributed by atoms with E-state index in [0.717, 1.165) is 36.7 Å². The van der Waals surface area contributed by atoms with E-state index in [1.807, 2.05) is 37.3 Å². The van der Waals surface area contributed by atoms with Gasteiger partial charge in [0.25, 0.3) is 0 Å². The van der Waals surface area contributed by atoms with Crippen molar-refractivity contribution >= 4 is 34.4 Å². The molecular weight excluding hydrogens is 356 g/mol. The van der Waals surface area contributed by atoms with Crippen LogP contribution < -0.4 is 0 Å². The first-order valence-corrected chi connectivity index (χ1v) is 9.69. The third-order valence-corrected chi connectivity index (χ3v) is 5.26. The van der Waals surface area contributed by atoms with Crippen molar-refractivity contribution in [2.24, 2.45) is 5.11 Å². The van der Waals surface area contributed by atoms with Crippen LogP contribution in [0.4, 0.5) is 0 Å². The third-order valence-electron chi connectivity index (χ3n) is 4.93. The number of aromatic nitrogens is 1. The lowest BCUT2D eigenvalue weighted by molar-refractivity contribution is 0.741. The Bertz CT molecular complexity index is 962. The summed E-state index contributed by atoms with van der Waals surface area (Å²) >= 11 is 6.29. The first-order valence-electron chi connectivity index (χ1n) is 9.25. The van der Waals surface area contributed by atoms with Crippen molar-refractivity contribution in [1.82, 2.24) is 4.57 Å². The summed E-state index contributed by atoms with van der Waals surface area (Å²) in [6.45, 7) is 4.97. The first-order chi connectivity index (χ1) is 13.0. The van der Waals surface area contributed by atoms with E-state index < -0.39 is 0 Å². The normalized spacial score (nSPS) is 15.3. The van der Waals surface area contributed by atoms with E-state index in [-0.39, 0.29) is 11.2 Å². The minimum atomic E-state index is -0.00796. The second-order valence-electron chi connectivity index (χ2n) is 6.91. The highest BCUT2D eigenvalue weighted by atomic mass is 35.5. The Kier molecular flexibility index (Phi) is 6.07. The maximum Gasteiger partial charge on any atom is 0.173 e. The van der Waals surface area contributed by atoms with E-state index in [1.54, 1.807) is 0 Å². The highest BCUT2D eigenvalue weighted by Gasteiger charge is 2.18. The van der Waals surface area contributed by atoms with Crippen molar-refractivity contribution in [3.63, 3.8) is 0 Å². The Morgan fingerprint density at radius 3 is 2.96 bits per heavy atom. The molecule has 27 heavy (non-hydrogen) atoms. The van der Waals surface area contributed by atoms with Gasteiger partial charge in [-0.15, -0.1) is 16.7 Å². The van der Waals surface area contributed by atoms with Crippen molar-refractivity contribution in [2.75, 3.05) is 0 Å². The molecule has 4 nitrogen and oxygen atoms in total. The summed E-state index contributed by atoms with van der Waals surface area (Å²) in [5.74, 6) is -0.00796. The topological polar surface area (TPSA) is 65.0 Å². The fraction of sp³-hybridized carbons (Fsp3) is 0.318. The summed E-state index contributed by atoms with van der Waals surface area (Å²) in [5, 5.41) is 12.3. The number of benzene rings is 1. The molecule has 1 aliphatic carbocycles. The van der Waals surface area contributed by atoms with Crippen molar-refractivity contribution in [3.05, 3.63) is 64.9 Å². The lowest BCUT2D eigenvalue weighted by Crippen LogP contribution is -2.06. The number of fused-ring (bicyclic) bond motifs is 3. The lowest BCUT2D eigenvalue weighted by atomic mass is 10.0. The third kappa shape index (κ3) is 4.11. The molecule has 0 fully saturated rings. The molecule has 0 bridgehead atoms. The predicted molar refractivity (Wildman–Crippen MR) is 114 cm³/mol. The second kappa shape index (κ2) is 8.49. The van der Waals surface area contributed by atoms with Crippen LogP contribution in [0.2, 0.25) is 0 Å². The minimum absolute atomic E-state index is 0.00796. The van der Waals surface area contributed by atoms with Gasteiger partial charge >= 0.3 is 0 Å². The summed E-state index contributed by atoms with van der Waals surface area (Å²) in [6.07, 6.45) is 13.5. The van der Waals surface area contributed by atoms with Crippen LogP contribution >= 0.6 is 11.6 Å². The number of nitrogens with zero attached hydrogens (tertiary/aromatic N) is 2. The summed E-state index contributed by atoms with van der Waals surface area (Å²) in [4.78, 5) is 0. The Morgan fingerprint density at radius 2 is 2.22 bits per heavy atom. The van der Waals surface area contributed by atoms with Crippen molar-refractivity contribution in [3.8, 4) is 0 Å². The molecule has 1 aromatic heterocycles. The Balaban J connectivity index is 2.00. The molecule has 1 aromatic carbocycles. The Hall–Kier alpha value is -2.46. The smallest absolute Gasteiger partial charge is 0.173 e. The maximum atomic E-state index is 7.84. The van der Waals surface area contributed by atoms with Crippen LogP contribution in [0.5, 0.6) is 0 Å². The summed E-state index contributed by atoms with van der Waals surface area (Å²) in [7, 11) is 0. The Labute approximate surface area is 165 Å². The molecule has 140 valence electrons. The van der Waals surface area contributed by atoms with Gasteiger partial charge in [-0.1, -0.05) is 36.0 Å². The predicted octanol–water partition coefficient (Wildman–Crippen LogP) is 6.48. The van der Waals surface area contributed by atoms with Crippen molar-refractivity contribution < 1.29 is 0 Å². The highest BCUT2D eigenvalue weighted by Crippen LogP contribution is 2.33. The molecule has 2 N–H and O–H groups in total. The number of amidine groups is 1. The summed E-state index contributed by atoms with van der Waals surface area (Å²) in [5.41, 5.74) is 12.8. The van der Waals surface area contributed by atoms with Gasteiger partial charge in [-0.25, -0.2) is 5.53 Å². The molecule has 1 atom stereocenters.